The summed E-state index contributed by atoms with van der Waals surface area (Å²) in [6.07, 6.45) is 0. The Morgan fingerprint density at radius 1 is 1.75 bits per heavy atom. The molecule has 0 radical (unpaired) electrons. The maximum Gasteiger partial charge on any atom is 0.310 e. The number of carbonyl (C=O) groups is 1. The predicted octanol–water partition coefficient (Wildman–Crippen LogP) is -0.216. The third-order valence-electron chi connectivity index (χ3n) is 2.13. The number of morpholine rings is 1. The second-order valence-corrected chi connectivity index (χ2v) is 2.95. The van der Waals surface area contributed by atoms with E-state index in [0.29, 0.717) is 6.61 Å². The van der Waals surface area contributed by atoms with E-state index in [4.69, 9.17) is 4.74 Å². The summed E-state index contributed by atoms with van der Waals surface area (Å²) < 4.78 is 9.86. The highest BCUT2D eigenvalue weighted by Gasteiger charge is 2.26. The molecule has 12 heavy (non-hydrogen) atoms. The lowest BCUT2D eigenvalue weighted by Gasteiger charge is -2.27. The minimum Gasteiger partial charge on any atom is -0.469 e. The normalized spacial score (nSPS) is 26.3. The Balaban J connectivity index is 2.39. The van der Waals surface area contributed by atoms with E-state index in [1.54, 1.807) is 0 Å². The fourth-order valence-corrected chi connectivity index (χ4v) is 1.26. The Kier molecular flexibility index (Phi) is 3.49. The first-order valence-electron chi connectivity index (χ1n) is 4.14. The molecular weight excluding hydrogens is 158 g/mol. The van der Waals surface area contributed by atoms with Gasteiger partial charge in [-0.25, -0.2) is 0 Å². The van der Waals surface area contributed by atoms with Crippen LogP contribution in [0, 0.1) is 5.92 Å². The summed E-state index contributed by atoms with van der Waals surface area (Å²) >= 11 is 0. The summed E-state index contributed by atoms with van der Waals surface area (Å²) in [6, 6.07) is 0.103. The average Bonchev–Trinajstić information content (AvgIpc) is 2.17. The molecule has 4 heteroatoms. The van der Waals surface area contributed by atoms with Crippen LogP contribution in [0.3, 0.4) is 0 Å². The van der Waals surface area contributed by atoms with Crippen molar-refractivity contribution in [3.8, 4) is 0 Å². The molecule has 0 spiro atoms. The molecule has 1 aliphatic heterocycles. The summed E-state index contributed by atoms with van der Waals surface area (Å²) in [5.41, 5.74) is 0. The van der Waals surface area contributed by atoms with Gasteiger partial charge in [-0.15, -0.1) is 0 Å². The van der Waals surface area contributed by atoms with Gasteiger partial charge in [-0.2, -0.15) is 0 Å². The maximum absolute atomic E-state index is 11.1. The molecular formula is C8H15NO3. The van der Waals surface area contributed by atoms with Gasteiger partial charge in [0.1, 0.15) is 0 Å². The van der Waals surface area contributed by atoms with Gasteiger partial charge in [-0.3, -0.25) is 4.79 Å². The standard InChI is InChI=1S/C8H15NO3/c1-6(8(10)11-2)7-5-12-4-3-9-7/h6-7,9H,3-5H2,1-2H3/t6-,7+/m0/s1. The van der Waals surface area contributed by atoms with Crippen molar-refractivity contribution in [2.24, 2.45) is 5.92 Å². The monoisotopic (exact) mass is 173 g/mol. The van der Waals surface area contributed by atoms with E-state index < -0.39 is 0 Å². The zero-order valence-electron chi connectivity index (χ0n) is 7.50. The second-order valence-electron chi connectivity index (χ2n) is 2.95. The number of methoxy groups -OCH3 is 1. The average molecular weight is 173 g/mol. The molecule has 1 N–H and O–H groups in total. The molecule has 0 unspecified atom stereocenters. The number of rotatable bonds is 2. The van der Waals surface area contributed by atoms with E-state index in [-0.39, 0.29) is 17.9 Å². The lowest BCUT2D eigenvalue weighted by atomic mass is 10.0. The molecule has 1 fully saturated rings. The van der Waals surface area contributed by atoms with Gasteiger partial charge < -0.3 is 14.8 Å². The first kappa shape index (κ1) is 9.48. The van der Waals surface area contributed by atoms with E-state index in [1.165, 1.54) is 7.11 Å². The van der Waals surface area contributed by atoms with Gasteiger partial charge in [0.25, 0.3) is 0 Å². The third-order valence-corrected chi connectivity index (χ3v) is 2.13. The number of ether oxygens (including phenoxy) is 2. The molecule has 2 atom stereocenters. The van der Waals surface area contributed by atoms with Gasteiger partial charge in [0.05, 0.1) is 26.2 Å². The smallest absolute Gasteiger partial charge is 0.310 e. The molecule has 0 aromatic carbocycles. The predicted molar refractivity (Wildman–Crippen MR) is 43.8 cm³/mol. The molecule has 0 aromatic rings. The maximum atomic E-state index is 11.1. The van der Waals surface area contributed by atoms with Gasteiger partial charge in [-0.05, 0) is 0 Å². The minimum absolute atomic E-state index is 0.103. The minimum atomic E-state index is -0.182. The number of nitrogens with one attached hydrogen (secondary N) is 1. The van der Waals surface area contributed by atoms with Gasteiger partial charge in [0.15, 0.2) is 0 Å². The summed E-state index contributed by atoms with van der Waals surface area (Å²) in [5, 5.41) is 3.21. The molecule has 0 bridgehead atoms. The van der Waals surface area contributed by atoms with Crippen molar-refractivity contribution in [1.29, 1.82) is 0 Å². The van der Waals surface area contributed by atoms with Crippen LogP contribution in [0.15, 0.2) is 0 Å². The van der Waals surface area contributed by atoms with Crippen LogP contribution in [-0.2, 0) is 14.3 Å². The van der Waals surface area contributed by atoms with Crippen molar-refractivity contribution in [3.05, 3.63) is 0 Å². The zero-order chi connectivity index (χ0) is 8.97. The zero-order valence-corrected chi connectivity index (χ0v) is 7.50. The largest absolute Gasteiger partial charge is 0.469 e. The lowest BCUT2D eigenvalue weighted by molar-refractivity contribution is -0.147. The van der Waals surface area contributed by atoms with Crippen molar-refractivity contribution < 1.29 is 14.3 Å². The SMILES string of the molecule is COC(=O)[C@@H](C)[C@H]1COCCN1. The molecule has 0 aliphatic carbocycles. The Morgan fingerprint density at radius 2 is 2.50 bits per heavy atom. The quantitative estimate of drug-likeness (QED) is 0.587. The third kappa shape index (κ3) is 2.19. The van der Waals surface area contributed by atoms with Crippen LogP contribution in [0.25, 0.3) is 0 Å². The van der Waals surface area contributed by atoms with E-state index in [9.17, 15) is 4.79 Å². The number of hydrogen-bond acceptors (Lipinski definition) is 4. The topological polar surface area (TPSA) is 47.6 Å². The fraction of sp³-hybridized carbons (Fsp3) is 0.875. The van der Waals surface area contributed by atoms with Gasteiger partial charge in [0, 0.05) is 12.6 Å². The molecule has 0 aromatic heterocycles. The van der Waals surface area contributed by atoms with E-state index in [1.807, 2.05) is 6.92 Å². The number of hydrogen-bond donors (Lipinski definition) is 1. The molecule has 0 amide bonds. The Bertz CT molecular complexity index is 154. The van der Waals surface area contributed by atoms with Crippen LogP contribution in [0.4, 0.5) is 0 Å². The van der Waals surface area contributed by atoms with Gasteiger partial charge in [0.2, 0.25) is 0 Å². The molecule has 0 saturated carbocycles. The summed E-state index contributed by atoms with van der Waals surface area (Å²) in [5.74, 6) is -0.312. The van der Waals surface area contributed by atoms with Crippen molar-refractivity contribution in [3.63, 3.8) is 0 Å². The van der Waals surface area contributed by atoms with Crippen LogP contribution in [0.2, 0.25) is 0 Å². The molecule has 1 saturated heterocycles. The van der Waals surface area contributed by atoms with Crippen molar-refractivity contribution in [1.82, 2.24) is 5.32 Å². The second kappa shape index (κ2) is 4.42. The fourth-order valence-electron chi connectivity index (χ4n) is 1.26. The first-order chi connectivity index (χ1) is 5.75. The van der Waals surface area contributed by atoms with Crippen molar-refractivity contribution in [2.75, 3.05) is 26.9 Å². The number of carbonyl (C=O) groups excluding carboxylic acids is 1. The summed E-state index contributed by atoms with van der Waals surface area (Å²) in [7, 11) is 1.41. The molecule has 1 heterocycles. The van der Waals surface area contributed by atoms with Crippen LogP contribution in [0.1, 0.15) is 6.92 Å². The van der Waals surface area contributed by atoms with Crippen molar-refractivity contribution >= 4 is 5.97 Å². The summed E-state index contributed by atoms with van der Waals surface area (Å²) in [4.78, 5) is 11.1. The Morgan fingerprint density at radius 3 is 3.00 bits per heavy atom. The van der Waals surface area contributed by atoms with E-state index >= 15 is 0 Å². The van der Waals surface area contributed by atoms with Gasteiger partial charge in [-0.1, -0.05) is 6.92 Å². The molecule has 1 aliphatic rings. The number of esters is 1. The van der Waals surface area contributed by atoms with Crippen molar-refractivity contribution in [2.45, 2.75) is 13.0 Å². The Labute approximate surface area is 72.2 Å². The van der Waals surface area contributed by atoms with Gasteiger partial charge >= 0.3 is 5.97 Å². The highest BCUT2D eigenvalue weighted by Crippen LogP contribution is 2.07. The highest BCUT2D eigenvalue weighted by atomic mass is 16.5. The lowest BCUT2D eigenvalue weighted by Crippen LogP contribution is -2.47. The van der Waals surface area contributed by atoms with Crippen LogP contribution >= 0.6 is 0 Å². The van der Waals surface area contributed by atoms with Crippen LogP contribution in [0.5, 0.6) is 0 Å². The highest BCUT2D eigenvalue weighted by molar-refractivity contribution is 5.72. The van der Waals surface area contributed by atoms with Crippen LogP contribution in [-0.4, -0.2) is 38.9 Å². The molecule has 4 nitrogen and oxygen atoms in total. The van der Waals surface area contributed by atoms with Crippen LogP contribution < -0.4 is 5.32 Å². The van der Waals surface area contributed by atoms with E-state index in [2.05, 4.69) is 10.1 Å². The summed E-state index contributed by atoms with van der Waals surface area (Å²) in [6.45, 7) is 3.98. The molecule has 70 valence electrons. The first-order valence-corrected chi connectivity index (χ1v) is 4.14. The molecule has 1 rings (SSSR count). The Hall–Kier alpha value is -0.610. The van der Waals surface area contributed by atoms with E-state index in [0.717, 1.165) is 13.2 Å².